The first-order valence-corrected chi connectivity index (χ1v) is 12.2. The van der Waals surface area contributed by atoms with Crippen LogP contribution in [-0.2, 0) is 34.2 Å². The zero-order valence-electron chi connectivity index (χ0n) is 18.0. The molecular weight excluding hydrogens is 428 g/mol. The van der Waals surface area contributed by atoms with Crippen LogP contribution in [0, 0.1) is 0 Å². The van der Waals surface area contributed by atoms with Gasteiger partial charge in [0.2, 0.25) is 15.9 Å². The molecule has 32 heavy (non-hydrogen) atoms. The number of carbonyl (C=O) groups is 1. The van der Waals surface area contributed by atoms with Crippen LogP contribution >= 0.6 is 0 Å². The highest BCUT2D eigenvalue weighted by Gasteiger charge is 2.27. The Morgan fingerprint density at radius 2 is 1.94 bits per heavy atom. The van der Waals surface area contributed by atoms with Crippen LogP contribution in [0.15, 0.2) is 36.8 Å². The van der Waals surface area contributed by atoms with Gasteiger partial charge in [-0.3, -0.25) is 9.78 Å². The minimum Gasteiger partial charge on any atom is -0.315 e. The van der Waals surface area contributed by atoms with Crippen LogP contribution in [0.1, 0.15) is 30.2 Å². The number of amides is 1. The number of hydrogen-bond donors (Lipinski definition) is 0. The van der Waals surface area contributed by atoms with Crippen molar-refractivity contribution in [2.24, 2.45) is 0 Å². The molecule has 2 aromatic heterocycles. The third-order valence-corrected chi connectivity index (χ3v) is 7.98. The molecular formula is C22H24N6O3S. The van der Waals surface area contributed by atoms with Gasteiger partial charge in [-0.25, -0.2) is 18.1 Å². The molecule has 0 bridgehead atoms. The molecule has 4 heterocycles. The fraction of sp³-hybridized carbons (Fsp3) is 0.364. The van der Waals surface area contributed by atoms with Crippen molar-refractivity contribution in [3.05, 3.63) is 53.6 Å². The number of benzene rings is 1. The predicted molar refractivity (Wildman–Crippen MR) is 120 cm³/mol. The number of aromatic nitrogens is 4. The topological polar surface area (TPSA) is 101 Å². The summed E-state index contributed by atoms with van der Waals surface area (Å²) in [6, 6.07) is 5.96. The molecule has 0 saturated carbocycles. The SMILES string of the molecule is CCS(=O)(=O)N1CCc2nn(-c3cncc(-c4ccc5c(c4)CCC(=O)N5C)n3)cc2C1. The highest BCUT2D eigenvalue weighted by molar-refractivity contribution is 7.89. The van der Waals surface area contributed by atoms with E-state index in [0.29, 0.717) is 43.9 Å². The maximum absolute atomic E-state index is 12.2. The number of nitrogens with zero attached hydrogens (tertiary/aromatic N) is 6. The van der Waals surface area contributed by atoms with Crippen molar-refractivity contribution >= 4 is 21.6 Å². The number of carbonyl (C=O) groups excluding carboxylic acids is 1. The minimum atomic E-state index is -3.23. The largest absolute Gasteiger partial charge is 0.315 e. The van der Waals surface area contributed by atoms with Gasteiger partial charge in [0.1, 0.15) is 0 Å². The Bertz CT molecular complexity index is 1320. The molecule has 0 radical (unpaired) electrons. The van der Waals surface area contributed by atoms with Gasteiger partial charge in [-0.05, 0) is 31.0 Å². The van der Waals surface area contributed by atoms with Gasteiger partial charge in [0.05, 0.1) is 29.5 Å². The number of hydrogen-bond acceptors (Lipinski definition) is 6. The lowest BCUT2D eigenvalue weighted by atomic mass is 9.98. The van der Waals surface area contributed by atoms with Crippen LogP contribution < -0.4 is 4.90 Å². The molecule has 0 spiro atoms. The van der Waals surface area contributed by atoms with E-state index < -0.39 is 10.0 Å². The highest BCUT2D eigenvalue weighted by atomic mass is 32.2. The van der Waals surface area contributed by atoms with Crippen molar-refractivity contribution in [3.63, 3.8) is 0 Å². The second-order valence-corrected chi connectivity index (χ2v) is 10.3. The van der Waals surface area contributed by atoms with E-state index in [2.05, 4.69) is 16.1 Å². The lowest BCUT2D eigenvalue weighted by molar-refractivity contribution is -0.118. The Kier molecular flexibility index (Phi) is 5.06. The van der Waals surface area contributed by atoms with Gasteiger partial charge in [-0.15, -0.1) is 0 Å². The molecule has 0 N–H and O–H groups in total. The Morgan fingerprint density at radius 1 is 1.09 bits per heavy atom. The summed E-state index contributed by atoms with van der Waals surface area (Å²) in [7, 11) is -1.43. The Morgan fingerprint density at radius 3 is 2.75 bits per heavy atom. The first-order chi connectivity index (χ1) is 15.4. The second kappa shape index (κ2) is 7.79. The molecule has 9 nitrogen and oxygen atoms in total. The van der Waals surface area contributed by atoms with E-state index in [0.717, 1.165) is 28.1 Å². The predicted octanol–water partition coefficient (Wildman–Crippen LogP) is 1.95. The molecule has 0 fully saturated rings. The van der Waals surface area contributed by atoms with Crippen molar-refractivity contribution in [1.82, 2.24) is 24.1 Å². The van der Waals surface area contributed by atoms with Crippen LogP contribution in [0.25, 0.3) is 17.1 Å². The van der Waals surface area contributed by atoms with E-state index in [4.69, 9.17) is 4.98 Å². The van der Waals surface area contributed by atoms with Crippen molar-refractivity contribution < 1.29 is 13.2 Å². The second-order valence-electron chi connectivity index (χ2n) is 8.09. The van der Waals surface area contributed by atoms with Crippen LogP contribution in [0.5, 0.6) is 0 Å². The normalized spacial score (nSPS) is 16.7. The average molecular weight is 453 g/mol. The van der Waals surface area contributed by atoms with Crippen molar-refractivity contribution in [2.75, 3.05) is 24.2 Å². The van der Waals surface area contributed by atoms with Gasteiger partial charge in [-0.1, -0.05) is 6.07 Å². The maximum atomic E-state index is 12.2. The Labute approximate surface area is 186 Å². The molecule has 0 atom stereocenters. The lowest BCUT2D eigenvalue weighted by Gasteiger charge is -2.26. The van der Waals surface area contributed by atoms with Gasteiger partial charge in [0, 0.05) is 56.0 Å². The maximum Gasteiger partial charge on any atom is 0.227 e. The van der Waals surface area contributed by atoms with Gasteiger partial charge in [0.25, 0.3) is 0 Å². The number of aryl methyl sites for hydroxylation is 1. The Balaban J connectivity index is 1.44. The standard InChI is InChI=1S/C22H24N6O3S/c1-3-32(30,31)27-9-8-18-17(13-27)14-28(25-18)21-12-23-11-19(24-21)15-4-6-20-16(10-15)5-7-22(29)26(20)2/h4,6,10-12,14H,3,5,7-9,13H2,1-2H3. The lowest BCUT2D eigenvalue weighted by Crippen LogP contribution is -2.36. The zero-order valence-corrected chi connectivity index (χ0v) is 18.8. The molecule has 0 saturated heterocycles. The summed E-state index contributed by atoms with van der Waals surface area (Å²) in [5.41, 5.74) is 5.47. The van der Waals surface area contributed by atoms with Gasteiger partial charge >= 0.3 is 0 Å². The molecule has 2 aliphatic rings. The summed E-state index contributed by atoms with van der Waals surface area (Å²) in [5.74, 6) is 0.793. The highest BCUT2D eigenvalue weighted by Crippen LogP contribution is 2.31. The Hall–Kier alpha value is -3.11. The molecule has 5 rings (SSSR count). The molecule has 1 amide bonds. The van der Waals surface area contributed by atoms with Crippen LogP contribution in [-0.4, -0.2) is 57.7 Å². The van der Waals surface area contributed by atoms with Crippen LogP contribution in [0.4, 0.5) is 5.69 Å². The number of anilines is 1. The quantitative estimate of drug-likeness (QED) is 0.600. The molecule has 2 aliphatic heterocycles. The number of sulfonamides is 1. The van der Waals surface area contributed by atoms with E-state index >= 15 is 0 Å². The summed E-state index contributed by atoms with van der Waals surface area (Å²) in [4.78, 5) is 22.7. The molecule has 10 heteroatoms. The first kappa shape index (κ1) is 20.8. The molecule has 3 aromatic rings. The fourth-order valence-electron chi connectivity index (χ4n) is 4.25. The average Bonchev–Trinajstić information content (AvgIpc) is 3.25. The van der Waals surface area contributed by atoms with E-state index in [-0.39, 0.29) is 11.7 Å². The first-order valence-electron chi connectivity index (χ1n) is 10.6. The van der Waals surface area contributed by atoms with Crippen molar-refractivity contribution in [1.29, 1.82) is 0 Å². The van der Waals surface area contributed by atoms with Crippen molar-refractivity contribution in [2.45, 2.75) is 32.7 Å². The smallest absolute Gasteiger partial charge is 0.227 e. The van der Waals surface area contributed by atoms with Gasteiger partial charge in [0.15, 0.2) is 5.82 Å². The minimum absolute atomic E-state index is 0.0920. The summed E-state index contributed by atoms with van der Waals surface area (Å²) in [6.07, 6.45) is 6.99. The fourth-order valence-corrected chi connectivity index (χ4v) is 5.32. The van der Waals surface area contributed by atoms with Crippen molar-refractivity contribution in [3.8, 4) is 17.1 Å². The van der Waals surface area contributed by atoms with E-state index in [1.807, 2.05) is 18.3 Å². The van der Waals surface area contributed by atoms with E-state index in [9.17, 15) is 13.2 Å². The van der Waals surface area contributed by atoms with Crippen LogP contribution in [0.3, 0.4) is 0 Å². The summed E-state index contributed by atoms with van der Waals surface area (Å²) in [5, 5.41) is 4.64. The molecule has 0 unspecified atom stereocenters. The van der Waals surface area contributed by atoms with E-state index in [1.165, 1.54) is 4.31 Å². The molecule has 0 aliphatic carbocycles. The molecule has 1 aromatic carbocycles. The van der Waals surface area contributed by atoms with Crippen LogP contribution in [0.2, 0.25) is 0 Å². The summed E-state index contributed by atoms with van der Waals surface area (Å²) < 4.78 is 27.7. The number of rotatable bonds is 4. The van der Waals surface area contributed by atoms with Gasteiger partial charge < -0.3 is 4.90 Å². The monoisotopic (exact) mass is 452 g/mol. The number of fused-ring (bicyclic) bond motifs is 2. The summed E-state index contributed by atoms with van der Waals surface area (Å²) >= 11 is 0. The van der Waals surface area contributed by atoms with E-state index in [1.54, 1.807) is 35.9 Å². The summed E-state index contributed by atoms with van der Waals surface area (Å²) in [6.45, 7) is 2.43. The van der Waals surface area contributed by atoms with Gasteiger partial charge in [-0.2, -0.15) is 9.40 Å². The zero-order chi connectivity index (χ0) is 22.5. The third kappa shape index (κ3) is 3.59. The molecule has 166 valence electrons. The third-order valence-electron chi connectivity index (χ3n) is 6.16.